The number of aryl methyl sites for hydroxylation is 1. The molecule has 1 aliphatic rings. The summed E-state index contributed by atoms with van der Waals surface area (Å²) in [4.78, 5) is 20.4. The molecule has 2 heterocycles. The molecule has 0 bridgehead atoms. The maximum absolute atomic E-state index is 13.9. The summed E-state index contributed by atoms with van der Waals surface area (Å²) in [7, 11) is 3.13. The highest BCUT2D eigenvalue weighted by atomic mass is 32.2. The molecule has 2 aromatic carbocycles. The van der Waals surface area contributed by atoms with E-state index in [1.165, 1.54) is 17.6 Å². The smallest absolute Gasteiger partial charge is 0.304 e. The van der Waals surface area contributed by atoms with Crippen molar-refractivity contribution >= 4 is 34.4 Å². The van der Waals surface area contributed by atoms with Crippen molar-refractivity contribution in [1.82, 2.24) is 14.2 Å². The van der Waals surface area contributed by atoms with Crippen molar-refractivity contribution in [2.75, 3.05) is 51.8 Å². The molecule has 0 unspecified atom stereocenters. The summed E-state index contributed by atoms with van der Waals surface area (Å²) in [6, 6.07) is 14.2. The van der Waals surface area contributed by atoms with Crippen molar-refractivity contribution in [2.24, 2.45) is 0 Å². The van der Waals surface area contributed by atoms with E-state index in [0.717, 1.165) is 70.0 Å². The Balaban J connectivity index is 1.63. The number of nitrogens with zero attached hydrogens (tertiary/aromatic N) is 3. The van der Waals surface area contributed by atoms with Crippen LogP contribution in [0.25, 0.3) is 22.2 Å². The fraction of sp³-hybridized carbons (Fsp3) is 0.423. The van der Waals surface area contributed by atoms with Crippen LogP contribution in [0.1, 0.15) is 18.4 Å². The Bertz CT molecular complexity index is 1160. The summed E-state index contributed by atoms with van der Waals surface area (Å²) in [5.41, 5.74) is 5.23. The molecule has 6 nitrogen and oxygen atoms in total. The molecule has 0 saturated carbocycles. The second-order valence-electron chi connectivity index (χ2n) is 8.90. The number of carbonyl (C=O) groups is 1. The molecule has 0 aliphatic carbocycles. The molecule has 35 heavy (non-hydrogen) atoms. The number of fused-ring (bicyclic) bond motifs is 1. The van der Waals surface area contributed by atoms with Gasteiger partial charge in [0.15, 0.2) is 0 Å². The molecule has 188 valence electrons. The van der Waals surface area contributed by atoms with E-state index in [9.17, 15) is 13.6 Å². The van der Waals surface area contributed by atoms with Crippen molar-refractivity contribution in [3.63, 3.8) is 0 Å². The fourth-order valence-electron chi connectivity index (χ4n) is 4.29. The number of methoxy groups -OCH3 is 1. The third kappa shape index (κ3) is 6.15. The highest BCUT2D eigenvalue weighted by molar-refractivity contribution is 7.97. The summed E-state index contributed by atoms with van der Waals surface area (Å²) >= 11 is 0.908. The highest BCUT2D eigenvalue weighted by Gasteiger charge is 2.24. The standard InChI is InChI=1S/C26H32F2N4O2S/c1-18-6-7-19-15-23(29-22(19)14-18)21-16-20(8-9-24(21)31-10-4-5-11-31)35-32(26(27)28)17-25(33)30(2)12-13-34-3/h6-9,14-16,26,29H,4-5,10-13,17H2,1-3H3. The molecular formula is C26H32F2N4O2S. The third-order valence-electron chi connectivity index (χ3n) is 6.27. The van der Waals surface area contributed by atoms with Crippen LogP contribution in [0.4, 0.5) is 14.5 Å². The average molecular weight is 503 g/mol. The SMILES string of the molecule is COCCN(C)C(=O)CN(Sc1ccc(N2CCCC2)c(-c2cc3ccc(C)cc3[nH]2)c1)C(F)F. The van der Waals surface area contributed by atoms with Crippen LogP contribution in [-0.2, 0) is 9.53 Å². The number of hydrogen-bond acceptors (Lipinski definition) is 5. The van der Waals surface area contributed by atoms with Gasteiger partial charge in [0.05, 0.1) is 13.2 Å². The summed E-state index contributed by atoms with van der Waals surface area (Å²) < 4.78 is 33.6. The van der Waals surface area contributed by atoms with E-state index in [4.69, 9.17) is 4.74 Å². The van der Waals surface area contributed by atoms with Gasteiger partial charge in [-0.15, -0.1) is 0 Å². The van der Waals surface area contributed by atoms with Crippen molar-refractivity contribution in [3.05, 3.63) is 48.0 Å². The lowest BCUT2D eigenvalue weighted by Gasteiger charge is -2.25. The lowest BCUT2D eigenvalue weighted by atomic mass is 10.1. The van der Waals surface area contributed by atoms with Gasteiger partial charge in [-0.2, -0.15) is 13.1 Å². The monoisotopic (exact) mass is 502 g/mol. The third-order valence-corrected chi connectivity index (χ3v) is 7.26. The minimum atomic E-state index is -2.78. The number of H-pyrrole nitrogens is 1. The molecule has 1 aromatic heterocycles. The van der Waals surface area contributed by atoms with Crippen LogP contribution in [0.15, 0.2) is 47.4 Å². The first kappa shape index (κ1) is 25.5. The molecule has 0 atom stereocenters. The zero-order chi connectivity index (χ0) is 24.9. The predicted molar refractivity (Wildman–Crippen MR) is 138 cm³/mol. The molecule has 4 rings (SSSR count). The number of rotatable bonds is 10. The lowest BCUT2D eigenvalue weighted by molar-refractivity contribution is -0.132. The predicted octanol–water partition coefficient (Wildman–Crippen LogP) is 5.38. The molecule has 0 radical (unpaired) electrons. The maximum atomic E-state index is 13.9. The number of likely N-dealkylation sites (N-methyl/N-ethyl adjacent to an activating group) is 1. The van der Waals surface area contributed by atoms with Crippen molar-refractivity contribution in [3.8, 4) is 11.3 Å². The number of nitrogens with one attached hydrogen (secondary N) is 1. The van der Waals surface area contributed by atoms with Gasteiger partial charge in [-0.25, -0.2) is 0 Å². The number of benzene rings is 2. The van der Waals surface area contributed by atoms with Gasteiger partial charge in [-0.3, -0.25) is 4.79 Å². The fourth-order valence-corrected chi connectivity index (χ4v) is 5.12. The summed E-state index contributed by atoms with van der Waals surface area (Å²) in [5.74, 6) is -0.380. The molecule has 1 aliphatic heterocycles. The van der Waals surface area contributed by atoms with Crippen LogP contribution in [0.5, 0.6) is 0 Å². The quantitative estimate of drug-likeness (QED) is 0.298. The first-order valence-corrected chi connectivity index (χ1v) is 12.6. The van der Waals surface area contributed by atoms with Crippen LogP contribution in [0, 0.1) is 6.92 Å². The molecule has 0 spiro atoms. The molecule has 1 N–H and O–H groups in total. The number of aromatic nitrogens is 1. The van der Waals surface area contributed by atoms with Gasteiger partial charge in [-0.1, -0.05) is 12.1 Å². The Labute approximate surface area is 209 Å². The molecule has 1 saturated heterocycles. The summed E-state index contributed by atoms with van der Waals surface area (Å²) in [5, 5.41) is 1.11. The number of ether oxygens (including phenoxy) is 1. The minimum absolute atomic E-state index is 0.353. The zero-order valence-corrected chi connectivity index (χ0v) is 21.2. The number of amides is 1. The second-order valence-corrected chi connectivity index (χ2v) is 10.0. The Morgan fingerprint density at radius 1 is 1.17 bits per heavy atom. The number of hydrogen-bond donors (Lipinski definition) is 1. The summed E-state index contributed by atoms with van der Waals surface area (Å²) in [6.07, 6.45) is 2.28. The van der Waals surface area contributed by atoms with Gasteiger partial charge < -0.3 is 19.5 Å². The van der Waals surface area contributed by atoms with E-state index in [2.05, 4.69) is 41.1 Å². The van der Waals surface area contributed by atoms with Gasteiger partial charge in [0.2, 0.25) is 5.91 Å². The van der Waals surface area contributed by atoms with E-state index in [-0.39, 0.29) is 5.91 Å². The van der Waals surface area contributed by atoms with Crippen molar-refractivity contribution < 1.29 is 18.3 Å². The van der Waals surface area contributed by atoms with Gasteiger partial charge in [-0.05, 0) is 67.6 Å². The largest absolute Gasteiger partial charge is 0.383 e. The molecule has 1 amide bonds. The van der Waals surface area contributed by atoms with Crippen LogP contribution < -0.4 is 4.90 Å². The van der Waals surface area contributed by atoms with Gasteiger partial charge in [0.1, 0.15) is 0 Å². The Kier molecular flexibility index (Phi) is 8.30. The van der Waals surface area contributed by atoms with Gasteiger partial charge in [0, 0.05) is 66.5 Å². The van der Waals surface area contributed by atoms with Crippen LogP contribution in [0.2, 0.25) is 0 Å². The van der Waals surface area contributed by atoms with Crippen LogP contribution in [0.3, 0.4) is 0 Å². The average Bonchev–Trinajstić information content (AvgIpc) is 3.51. The number of carbonyl (C=O) groups excluding carboxylic acids is 1. The number of halogens is 2. The maximum Gasteiger partial charge on any atom is 0.304 e. The highest BCUT2D eigenvalue weighted by Crippen LogP contribution is 2.38. The molecule has 1 fully saturated rings. The zero-order valence-electron chi connectivity index (χ0n) is 20.4. The Morgan fingerprint density at radius 2 is 1.94 bits per heavy atom. The number of anilines is 1. The van der Waals surface area contributed by atoms with Gasteiger partial charge >= 0.3 is 6.55 Å². The molecular weight excluding hydrogens is 470 g/mol. The second kappa shape index (κ2) is 11.4. The van der Waals surface area contributed by atoms with E-state index >= 15 is 0 Å². The Morgan fingerprint density at radius 3 is 2.66 bits per heavy atom. The lowest BCUT2D eigenvalue weighted by Crippen LogP contribution is -2.38. The molecule has 9 heteroatoms. The number of alkyl halides is 2. The normalized spacial score (nSPS) is 14.0. The van der Waals surface area contributed by atoms with E-state index in [1.807, 2.05) is 18.2 Å². The van der Waals surface area contributed by atoms with Crippen LogP contribution in [-0.4, -0.2) is 73.6 Å². The minimum Gasteiger partial charge on any atom is -0.383 e. The van der Waals surface area contributed by atoms with Crippen LogP contribution >= 0.6 is 11.9 Å². The first-order chi connectivity index (χ1) is 16.9. The molecule has 3 aromatic rings. The Hall–Kier alpha value is -2.62. The van der Waals surface area contributed by atoms with Crippen molar-refractivity contribution in [2.45, 2.75) is 31.2 Å². The van der Waals surface area contributed by atoms with E-state index < -0.39 is 13.1 Å². The topological polar surface area (TPSA) is 51.8 Å². The van der Waals surface area contributed by atoms with E-state index in [1.54, 1.807) is 7.05 Å². The summed E-state index contributed by atoms with van der Waals surface area (Å²) in [6.45, 7) is 1.55. The van der Waals surface area contributed by atoms with Gasteiger partial charge in [0.25, 0.3) is 0 Å². The van der Waals surface area contributed by atoms with Crippen molar-refractivity contribution in [1.29, 1.82) is 0 Å². The first-order valence-electron chi connectivity index (χ1n) is 11.8. The number of aromatic amines is 1. The van der Waals surface area contributed by atoms with E-state index in [0.29, 0.717) is 18.0 Å².